The monoisotopic (exact) mass is 418 g/mol. The average molecular weight is 419 g/mol. The lowest BCUT2D eigenvalue weighted by atomic mass is 9.75. The van der Waals surface area contributed by atoms with E-state index in [-0.39, 0.29) is 5.92 Å². The number of anilines is 2. The minimum atomic E-state index is 0.147. The molecule has 3 nitrogen and oxygen atoms in total. The van der Waals surface area contributed by atoms with Gasteiger partial charge in [0.25, 0.3) is 0 Å². The van der Waals surface area contributed by atoms with Crippen LogP contribution in [0.4, 0.5) is 11.4 Å². The molecule has 2 atom stereocenters. The van der Waals surface area contributed by atoms with Gasteiger partial charge in [0.1, 0.15) is 0 Å². The lowest BCUT2D eigenvalue weighted by Crippen LogP contribution is -2.42. The maximum absolute atomic E-state index is 13.9. The van der Waals surface area contributed by atoms with Gasteiger partial charge < -0.3 is 9.80 Å². The zero-order chi connectivity index (χ0) is 21.8. The Morgan fingerprint density at radius 1 is 0.871 bits per heavy atom. The maximum Gasteiger partial charge on any atom is 0.230 e. The highest BCUT2D eigenvalue weighted by Crippen LogP contribution is 2.39. The van der Waals surface area contributed by atoms with Crippen molar-refractivity contribution in [1.29, 1.82) is 0 Å². The number of hydrogen-bond acceptors (Lipinski definition) is 2. The van der Waals surface area contributed by atoms with E-state index in [1.54, 1.807) is 0 Å². The van der Waals surface area contributed by atoms with Crippen LogP contribution in [-0.2, 0) is 11.3 Å². The van der Waals surface area contributed by atoms with Gasteiger partial charge >= 0.3 is 0 Å². The minimum Gasteiger partial charge on any atom is -0.365 e. The predicted octanol–water partition coefficient (Wildman–Crippen LogP) is 6.53. The van der Waals surface area contributed by atoms with Gasteiger partial charge in [-0.2, -0.15) is 0 Å². The van der Waals surface area contributed by atoms with Gasteiger partial charge in [-0.05, 0) is 54.7 Å². The number of nitrogens with zero attached hydrogens (tertiary/aromatic N) is 2. The Labute approximate surface area is 188 Å². The topological polar surface area (TPSA) is 23.6 Å². The molecule has 1 aliphatic heterocycles. The average Bonchev–Trinajstić information content (AvgIpc) is 2.93. The Kier molecular flexibility index (Phi) is 6.99. The Bertz CT molecular complexity index is 856. The molecule has 2 aromatic rings. The SMILES string of the molecule is CCC(C(=O)N1CC(C)CN(Cc2ccccc2)c2ccccc21)C1CCC(C)CC1. The Morgan fingerprint density at radius 2 is 1.52 bits per heavy atom. The van der Waals surface area contributed by atoms with Crippen LogP contribution in [0.1, 0.15) is 58.4 Å². The number of amides is 1. The van der Waals surface area contributed by atoms with Crippen molar-refractivity contribution in [3.05, 3.63) is 60.2 Å². The van der Waals surface area contributed by atoms with Crippen LogP contribution in [0.3, 0.4) is 0 Å². The molecular formula is C28H38N2O. The summed E-state index contributed by atoms with van der Waals surface area (Å²) < 4.78 is 0. The Hall–Kier alpha value is -2.29. The molecule has 0 aromatic heterocycles. The fraction of sp³-hybridized carbons (Fsp3) is 0.536. The van der Waals surface area contributed by atoms with Crippen molar-refractivity contribution in [3.63, 3.8) is 0 Å². The van der Waals surface area contributed by atoms with Crippen molar-refractivity contribution in [2.75, 3.05) is 22.9 Å². The third-order valence-electron chi connectivity index (χ3n) is 7.41. The van der Waals surface area contributed by atoms with Crippen molar-refractivity contribution >= 4 is 17.3 Å². The number of fused-ring (bicyclic) bond motifs is 1. The normalized spacial score (nSPS) is 24.9. The van der Waals surface area contributed by atoms with Crippen molar-refractivity contribution < 1.29 is 4.79 Å². The zero-order valence-electron chi connectivity index (χ0n) is 19.5. The van der Waals surface area contributed by atoms with Crippen LogP contribution in [0.2, 0.25) is 0 Å². The van der Waals surface area contributed by atoms with Gasteiger partial charge in [-0.3, -0.25) is 4.79 Å². The summed E-state index contributed by atoms with van der Waals surface area (Å²) in [6.07, 6.45) is 5.89. The summed E-state index contributed by atoms with van der Waals surface area (Å²) in [5.74, 6) is 2.27. The summed E-state index contributed by atoms with van der Waals surface area (Å²) in [5.41, 5.74) is 3.60. The van der Waals surface area contributed by atoms with Crippen molar-refractivity contribution in [3.8, 4) is 0 Å². The molecule has 1 saturated carbocycles. The molecule has 1 aliphatic carbocycles. The Balaban J connectivity index is 1.62. The van der Waals surface area contributed by atoms with Gasteiger partial charge in [0, 0.05) is 25.6 Å². The number of carbonyl (C=O) groups is 1. The molecule has 0 saturated heterocycles. The molecule has 2 aliphatic rings. The van der Waals surface area contributed by atoms with E-state index in [1.807, 2.05) is 0 Å². The second kappa shape index (κ2) is 9.89. The summed E-state index contributed by atoms with van der Waals surface area (Å²) >= 11 is 0. The molecule has 0 radical (unpaired) electrons. The molecule has 1 heterocycles. The van der Waals surface area contributed by atoms with Crippen molar-refractivity contribution in [1.82, 2.24) is 0 Å². The first-order valence-corrected chi connectivity index (χ1v) is 12.3. The molecule has 0 spiro atoms. The summed E-state index contributed by atoms with van der Waals surface area (Å²) in [4.78, 5) is 18.5. The number of benzene rings is 2. The van der Waals surface area contributed by atoms with Crippen LogP contribution in [0.25, 0.3) is 0 Å². The number of carbonyl (C=O) groups excluding carboxylic acids is 1. The fourth-order valence-electron chi connectivity index (χ4n) is 5.66. The highest BCUT2D eigenvalue weighted by molar-refractivity contribution is 5.98. The van der Waals surface area contributed by atoms with Gasteiger partial charge in [0.05, 0.1) is 11.4 Å². The molecule has 0 bridgehead atoms. The van der Waals surface area contributed by atoms with Gasteiger partial charge in [-0.15, -0.1) is 0 Å². The van der Waals surface area contributed by atoms with Crippen molar-refractivity contribution in [2.24, 2.45) is 23.7 Å². The lowest BCUT2D eigenvalue weighted by molar-refractivity contribution is -0.124. The van der Waals surface area contributed by atoms with Gasteiger partial charge in [0.15, 0.2) is 0 Å². The molecule has 4 rings (SSSR count). The van der Waals surface area contributed by atoms with Crippen molar-refractivity contribution in [2.45, 2.75) is 59.4 Å². The number of hydrogen-bond donors (Lipinski definition) is 0. The van der Waals surface area contributed by atoms with E-state index in [9.17, 15) is 4.79 Å². The standard InChI is InChI=1S/C28H38N2O/c1-4-25(24-16-14-21(2)15-17-24)28(31)30-19-22(3)18-29(20-23-10-6-5-7-11-23)26-12-8-9-13-27(26)30/h5-13,21-22,24-25H,4,14-20H2,1-3H3. The van der Waals surface area contributed by atoms with E-state index in [0.29, 0.717) is 17.7 Å². The van der Waals surface area contributed by atoms with E-state index in [2.05, 4.69) is 85.2 Å². The van der Waals surface area contributed by atoms with Crippen LogP contribution < -0.4 is 9.80 Å². The lowest BCUT2D eigenvalue weighted by Gasteiger charge is -2.35. The molecule has 166 valence electrons. The van der Waals surface area contributed by atoms with E-state index in [0.717, 1.165) is 37.7 Å². The molecule has 0 N–H and O–H groups in total. The third kappa shape index (κ3) is 4.97. The van der Waals surface area contributed by atoms with Gasteiger partial charge in [-0.1, -0.05) is 76.1 Å². The second-order valence-corrected chi connectivity index (χ2v) is 9.94. The smallest absolute Gasteiger partial charge is 0.230 e. The molecule has 31 heavy (non-hydrogen) atoms. The van der Waals surface area contributed by atoms with Crippen LogP contribution >= 0.6 is 0 Å². The molecule has 3 heteroatoms. The Morgan fingerprint density at radius 3 is 2.19 bits per heavy atom. The quantitative estimate of drug-likeness (QED) is 0.551. The van der Waals surface area contributed by atoms with E-state index >= 15 is 0 Å². The predicted molar refractivity (Wildman–Crippen MR) is 130 cm³/mol. The van der Waals surface area contributed by atoms with E-state index in [1.165, 1.54) is 36.9 Å². The highest BCUT2D eigenvalue weighted by Gasteiger charge is 2.36. The third-order valence-corrected chi connectivity index (χ3v) is 7.41. The fourth-order valence-corrected chi connectivity index (χ4v) is 5.66. The number of para-hydroxylation sites is 2. The summed E-state index contributed by atoms with van der Waals surface area (Å²) in [7, 11) is 0. The number of rotatable bonds is 5. The molecule has 1 amide bonds. The summed E-state index contributed by atoms with van der Waals surface area (Å²) in [6, 6.07) is 19.2. The molecule has 1 fully saturated rings. The van der Waals surface area contributed by atoms with E-state index in [4.69, 9.17) is 0 Å². The van der Waals surface area contributed by atoms with E-state index < -0.39 is 0 Å². The van der Waals surface area contributed by atoms with Crippen LogP contribution in [0.5, 0.6) is 0 Å². The largest absolute Gasteiger partial charge is 0.365 e. The first-order chi connectivity index (χ1) is 15.1. The molecule has 2 unspecified atom stereocenters. The second-order valence-electron chi connectivity index (χ2n) is 9.94. The van der Waals surface area contributed by atoms with Crippen LogP contribution in [-0.4, -0.2) is 19.0 Å². The summed E-state index contributed by atoms with van der Waals surface area (Å²) in [5, 5.41) is 0. The van der Waals surface area contributed by atoms with Gasteiger partial charge in [-0.25, -0.2) is 0 Å². The van der Waals surface area contributed by atoms with Crippen LogP contribution in [0.15, 0.2) is 54.6 Å². The highest BCUT2D eigenvalue weighted by atomic mass is 16.2. The maximum atomic E-state index is 13.9. The summed E-state index contributed by atoms with van der Waals surface area (Å²) in [6.45, 7) is 9.49. The molecular weight excluding hydrogens is 380 g/mol. The zero-order valence-corrected chi connectivity index (χ0v) is 19.5. The van der Waals surface area contributed by atoms with Crippen LogP contribution in [0, 0.1) is 23.7 Å². The minimum absolute atomic E-state index is 0.147. The first-order valence-electron chi connectivity index (χ1n) is 12.3. The first kappa shape index (κ1) is 21.9. The molecule has 2 aromatic carbocycles. The van der Waals surface area contributed by atoms with Gasteiger partial charge in [0.2, 0.25) is 5.91 Å².